The van der Waals surface area contributed by atoms with Gasteiger partial charge in [0.25, 0.3) is 0 Å². The standard InChI is InChI=1S/C12H11FN4O3/c13-9-4-1-5-10(17(18)19)11(9)20-7-8-3-2-6-15-12(8)16-14/h1-6H,7,14H2,(H,15,16). The van der Waals surface area contributed by atoms with Gasteiger partial charge < -0.3 is 10.2 Å². The summed E-state index contributed by atoms with van der Waals surface area (Å²) in [6.45, 7) is -0.102. The van der Waals surface area contributed by atoms with Crippen molar-refractivity contribution in [2.45, 2.75) is 6.61 Å². The van der Waals surface area contributed by atoms with Gasteiger partial charge in [-0.2, -0.15) is 0 Å². The number of anilines is 1. The summed E-state index contributed by atoms with van der Waals surface area (Å²) in [4.78, 5) is 14.1. The van der Waals surface area contributed by atoms with Crippen molar-refractivity contribution in [2.75, 3.05) is 5.43 Å². The van der Waals surface area contributed by atoms with E-state index in [0.717, 1.165) is 6.07 Å². The molecule has 0 atom stereocenters. The molecule has 1 heterocycles. The van der Waals surface area contributed by atoms with Crippen LogP contribution in [0, 0.1) is 15.9 Å². The monoisotopic (exact) mass is 278 g/mol. The molecule has 0 saturated carbocycles. The van der Waals surface area contributed by atoms with Gasteiger partial charge in [-0.25, -0.2) is 15.2 Å². The molecule has 0 aliphatic rings. The van der Waals surface area contributed by atoms with Gasteiger partial charge in [0, 0.05) is 17.8 Å². The maximum Gasteiger partial charge on any atom is 0.314 e. The predicted octanol–water partition coefficient (Wildman–Crippen LogP) is 1.99. The summed E-state index contributed by atoms with van der Waals surface area (Å²) in [5, 5.41) is 10.8. The number of hydrogen-bond donors (Lipinski definition) is 2. The summed E-state index contributed by atoms with van der Waals surface area (Å²) < 4.78 is 18.8. The fourth-order valence-electron chi connectivity index (χ4n) is 1.62. The lowest BCUT2D eigenvalue weighted by atomic mass is 10.2. The van der Waals surface area contributed by atoms with Crippen LogP contribution in [0.1, 0.15) is 5.56 Å². The van der Waals surface area contributed by atoms with Crippen LogP contribution in [0.5, 0.6) is 5.75 Å². The first-order chi connectivity index (χ1) is 9.63. The van der Waals surface area contributed by atoms with E-state index in [-0.39, 0.29) is 6.61 Å². The molecule has 8 heteroatoms. The largest absolute Gasteiger partial charge is 0.480 e. The Labute approximate surface area is 113 Å². The van der Waals surface area contributed by atoms with Crippen molar-refractivity contribution in [3.8, 4) is 5.75 Å². The van der Waals surface area contributed by atoms with E-state index in [4.69, 9.17) is 10.6 Å². The number of nitro groups is 1. The molecule has 3 N–H and O–H groups in total. The van der Waals surface area contributed by atoms with Crippen molar-refractivity contribution >= 4 is 11.5 Å². The number of nitrogens with zero attached hydrogens (tertiary/aromatic N) is 2. The molecule has 1 aromatic heterocycles. The molecule has 1 aromatic carbocycles. The van der Waals surface area contributed by atoms with Gasteiger partial charge in [0.1, 0.15) is 12.4 Å². The molecular weight excluding hydrogens is 267 g/mol. The minimum Gasteiger partial charge on any atom is -0.480 e. The van der Waals surface area contributed by atoms with Crippen LogP contribution >= 0.6 is 0 Å². The molecule has 0 fully saturated rings. The molecule has 0 radical (unpaired) electrons. The van der Waals surface area contributed by atoms with Gasteiger partial charge >= 0.3 is 5.69 Å². The third-order valence-corrected chi connectivity index (χ3v) is 2.54. The summed E-state index contributed by atoms with van der Waals surface area (Å²) in [5.41, 5.74) is 2.48. The quantitative estimate of drug-likeness (QED) is 0.492. The molecule has 0 saturated heterocycles. The van der Waals surface area contributed by atoms with E-state index in [1.165, 1.54) is 18.3 Å². The zero-order valence-electron chi connectivity index (χ0n) is 10.2. The highest BCUT2D eigenvalue weighted by Gasteiger charge is 2.19. The Balaban J connectivity index is 2.25. The smallest absolute Gasteiger partial charge is 0.314 e. The molecule has 0 aliphatic carbocycles. The first-order valence-electron chi connectivity index (χ1n) is 5.59. The second-order valence-corrected chi connectivity index (χ2v) is 3.79. The number of nitro benzene ring substituents is 1. The van der Waals surface area contributed by atoms with Crippen LogP contribution in [0.25, 0.3) is 0 Å². The van der Waals surface area contributed by atoms with E-state index in [1.807, 2.05) is 0 Å². The second-order valence-electron chi connectivity index (χ2n) is 3.79. The van der Waals surface area contributed by atoms with Crippen molar-refractivity contribution in [1.29, 1.82) is 0 Å². The van der Waals surface area contributed by atoms with Gasteiger partial charge in [0.05, 0.1) is 4.92 Å². The molecule has 104 valence electrons. The maximum absolute atomic E-state index is 13.6. The fraction of sp³-hybridized carbons (Fsp3) is 0.0833. The third-order valence-electron chi connectivity index (χ3n) is 2.54. The lowest BCUT2D eigenvalue weighted by Crippen LogP contribution is -2.12. The molecule has 20 heavy (non-hydrogen) atoms. The van der Waals surface area contributed by atoms with Gasteiger partial charge in [0.15, 0.2) is 5.82 Å². The highest BCUT2D eigenvalue weighted by atomic mass is 19.1. The highest BCUT2D eigenvalue weighted by Crippen LogP contribution is 2.30. The first kappa shape index (κ1) is 13.7. The van der Waals surface area contributed by atoms with Gasteiger partial charge in [-0.15, -0.1) is 0 Å². The molecule has 7 nitrogen and oxygen atoms in total. The van der Waals surface area contributed by atoms with Crippen LogP contribution in [0.3, 0.4) is 0 Å². The number of para-hydroxylation sites is 1. The van der Waals surface area contributed by atoms with Crippen LogP contribution in [0.15, 0.2) is 36.5 Å². The summed E-state index contributed by atoms with van der Waals surface area (Å²) in [6.07, 6.45) is 1.52. The molecule has 0 spiro atoms. The van der Waals surface area contributed by atoms with Crippen molar-refractivity contribution in [3.05, 3.63) is 58.0 Å². The molecule has 0 unspecified atom stereocenters. The number of rotatable bonds is 5. The summed E-state index contributed by atoms with van der Waals surface area (Å²) in [6, 6.07) is 6.82. The van der Waals surface area contributed by atoms with Crippen LogP contribution < -0.4 is 16.0 Å². The molecule has 0 aliphatic heterocycles. The Morgan fingerprint density at radius 1 is 1.40 bits per heavy atom. The molecular formula is C12H11FN4O3. The number of hydrogen-bond acceptors (Lipinski definition) is 6. The van der Waals surface area contributed by atoms with Gasteiger partial charge in [-0.05, 0) is 12.1 Å². The third kappa shape index (κ3) is 2.81. The Morgan fingerprint density at radius 3 is 2.90 bits per heavy atom. The Bertz CT molecular complexity index is 636. The van der Waals surface area contributed by atoms with E-state index >= 15 is 0 Å². The minimum atomic E-state index is -0.801. The Kier molecular flexibility index (Phi) is 4.06. The fourth-order valence-corrected chi connectivity index (χ4v) is 1.62. The Morgan fingerprint density at radius 2 is 2.20 bits per heavy atom. The zero-order chi connectivity index (χ0) is 14.5. The van der Waals surface area contributed by atoms with Crippen molar-refractivity contribution in [3.63, 3.8) is 0 Å². The number of ether oxygens (including phenoxy) is 1. The van der Waals surface area contributed by atoms with E-state index in [1.54, 1.807) is 12.1 Å². The number of aromatic nitrogens is 1. The predicted molar refractivity (Wildman–Crippen MR) is 69.4 cm³/mol. The van der Waals surface area contributed by atoms with Crippen LogP contribution in [-0.2, 0) is 6.61 Å². The number of nitrogens with one attached hydrogen (secondary N) is 1. The molecule has 2 rings (SSSR count). The number of benzene rings is 1. The van der Waals surface area contributed by atoms with Crippen molar-refractivity contribution in [1.82, 2.24) is 4.98 Å². The minimum absolute atomic E-state index is 0.102. The van der Waals surface area contributed by atoms with Gasteiger partial charge in [-0.1, -0.05) is 12.1 Å². The van der Waals surface area contributed by atoms with Gasteiger partial charge in [-0.3, -0.25) is 10.1 Å². The number of nitrogens with two attached hydrogens (primary N) is 1. The van der Waals surface area contributed by atoms with E-state index in [0.29, 0.717) is 11.4 Å². The average Bonchev–Trinajstić information content (AvgIpc) is 2.46. The maximum atomic E-state index is 13.6. The number of nitrogen functional groups attached to an aromatic ring is 1. The number of hydrazine groups is 1. The first-order valence-corrected chi connectivity index (χ1v) is 5.59. The summed E-state index contributed by atoms with van der Waals surface area (Å²) >= 11 is 0. The molecule has 2 aromatic rings. The summed E-state index contributed by atoms with van der Waals surface area (Å²) in [7, 11) is 0. The second kappa shape index (κ2) is 5.93. The SMILES string of the molecule is NNc1ncccc1COc1c(F)cccc1[N+](=O)[O-]. The molecule has 0 amide bonds. The topological polar surface area (TPSA) is 103 Å². The lowest BCUT2D eigenvalue weighted by Gasteiger charge is -2.10. The van der Waals surface area contributed by atoms with E-state index < -0.39 is 22.2 Å². The van der Waals surface area contributed by atoms with Crippen LogP contribution in [0.2, 0.25) is 0 Å². The molecule has 0 bridgehead atoms. The highest BCUT2D eigenvalue weighted by molar-refractivity contribution is 5.48. The van der Waals surface area contributed by atoms with E-state index in [2.05, 4.69) is 10.4 Å². The van der Waals surface area contributed by atoms with Gasteiger partial charge in [0.2, 0.25) is 5.75 Å². The number of halogens is 1. The lowest BCUT2D eigenvalue weighted by molar-refractivity contribution is -0.386. The summed E-state index contributed by atoms with van der Waals surface area (Å²) in [5.74, 6) is 4.42. The van der Waals surface area contributed by atoms with Crippen molar-refractivity contribution in [2.24, 2.45) is 5.84 Å². The van der Waals surface area contributed by atoms with Crippen LogP contribution in [-0.4, -0.2) is 9.91 Å². The van der Waals surface area contributed by atoms with Crippen LogP contribution in [0.4, 0.5) is 15.9 Å². The Hall–Kier alpha value is -2.74. The van der Waals surface area contributed by atoms with Crippen molar-refractivity contribution < 1.29 is 14.1 Å². The zero-order valence-corrected chi connectivity index (χ0v) is 10.2. The average molecular weight is 278 g/mol. The normalized spacial score (nSPS) is 10.1. The number of pyridine rings is 1. The van der Waals surface area contributed by atoms with E-state index in [9.17, 15) is 14.5 Å².